The average molecular weight is 396 g/mol. The van der Waals surface area contributed by atoms with Gasteiger partial charge in [-0.25, -0.2) is 9.67 Å². The smallest absolute Gasteiger partial charge is 0.267 e. The van der Waals surface area contributed by atoms with Crippen LogP contribution in [-0.2, 0) is 0 Å². The fraction of sp³-hybridized carbons (Fsp3) is 0.550. The number of aryl methyl sites for hydroxylation is 1. The topological polar surface area (TPSA) is 93.2 Å². The van der Waals surface area contributed by atoms with Gasteiger partial charge in [-0.05, 0) is 53.0 Å². The van der Waals surface area contributed by atoms with Crippen molar-refractivity contribution in [3.05, 3.63) is 40.1 Å². The molecule has 9 heteroatoms. The van der Waals surface area contributed by atoms with E-state index in [9.17, 15) is 4.79 Å². The van der Waals surface area contributed by atoms with Gasteiger partial charge in [0.05, 0.1) is 6.04 Å². The second kappa shape index (κ2) is 7.81. The van der Waals surface area contributed by atoms with E-state index in [2.05, 4.69) is 30.4 Å². The third-order valence-electron chi connectivity index (χ3n) is 5.63. The zero-order valence-corrected chi connectivity index (χ0v) is 17.5. The Morgan fingerprint density at radius 2 is 2.07 bits per heavy atom. The summed E-state index contributed by atoms with van der Waals surface area (Å²) in [5.41, 5.74) is 1.95. The van der Waals surface area contributed by atoms with Crippen LogP contribution >= 0.6 is 0 Å². The molecule has 3 aromatic rings. The zero-order chi connectivity index (χ0) is 20.5. The van der Waals surface area contributed by atoms with Crippen LogP contribution in [0.4, 0.5) is 11.6 Å². The molecule has 154 valence electrons. The molecule has 1 N–H and O–H groups in total. The van der Waals surface area contributed by atoms with Crippen molar-refractivity contribution in [2.45, 2.75) is 59.0 Å². The molecule has 0 aliphatic carbocycles. The molecule has 0 bridgehead atoms. The lowest BCUT2D eigenvalue weighted by molar-refractivity contribution is 0.451. The average Bonchev–Trinajstić information content (AvgIpc) is 3.17. The molecule has 1 fully saturated rings. The lowest BCUT2D eigenvalue weighted by atomic mass is 10.0. The van der Waals surface area contributed by atoms with Gasteiger partial charge in [-0.15, -0.1) is 0 Å². The standard InChI is InChI=1S/C20H28N8O/c1-13(2)27-18(29)9-8-17(25-27)26-10-6-5-7-16(26)11-21-19-14(3)15(4)24-20-22-12-23-28(19)20/h8-9,12-13,16,21H,5-7,10-11H2,1-4H3. The molecule has 0 spiro atoms. The molecule has 4 heterocycles. The molecule has 0 aromatic carbocycles. The van der Waals surface area contributed by atoms with Gasteiger partial charge in [0.15, 0.2) is 0 Å². The number of nitrogens with one attached hydrogen (secondary N) is 1. The molecule has 0 radical (unpaired) electrons. The van der Waals surface area contributed by atoms with Crippen LogP contribution in [0.25, 0.3) is 5.78 Å². The minimum Gasteiger partial charge on any atom is -0.368 e. The SMILES string of the molecule is Cc1nc2ncnn2c(NCC2CCCCN2c2ccc(=O)n(C(C)C)n2)c1C. The number of anilines is 2. The van der Waals surface area contributed by atoms with E-state index >= 15 is 0 Å². The second-order valence-electron chi connectivity index (χ2n) is 7.93. The van der Waals surface area contributed by atoms with Crippen LogP contribution in [0.5, 0.6) is 0 Å². The Bertz CT molecular complexity index is 1070. The predicted octanol–water partition coefficient (Wildman–Crippen LogP) is 2.35. The van der Waals surface area contributed by atoms with Gasteiger partial charge in [-0.3, -0.25) is 4.79 Å². The van der Waals surface area contributed by atoms with Crippen LogP contribution in [0.15, 0.2) is 23.3 Å². The van der Waals surface area contributed by atoms with Crippen LogP contribution < -0.4 is 15.8 Å². The summed E-state index contributed by atoms with van der Waals surface area (Å²) in [6.07, 6.45) is 4.90. The Balaban J connectivity index is 1.60. The highest BCUT2D eigenvalue weighted by molar-refractivity contribution is 5.52. The molecular weight excluding hydrogens is 368 g/mol. The number of nitrogens with zero attached hydrogens (tertiary/aromatic N) is 7. The van der Waals surface area contributed by atoms with Gasteiger partial charge < -0.3 is 10.2 Å². The maximum atomic E-state index is 12.1. The van der Waals surface area contributed by atoms with Gasteiger partial charge in [0, 0.05) is 36.5 Å². The number of hydrogen-bond donors (Lipinski definition) is 1. The van der Waals surface area contributed by atoms with Crippen LogP contribution in [0.3, 0.4) is 0 Å². The minimum atomic E-state index is -0.0631. The van der Waals surface area contributed by atoms with Crippen LogP contribution in [-0.4, -0.2) is 48.5 Å². The van der Waals surface area contributed by atoms with Gasteiger partial charge in [-0.2, -0.15) is 19.7 Å². The Morgan fingerprint density at radius 3 is 2.86 bits per heavy atom. The maximum absolute atomic E-state index is 12.1. The summed E-state index contributed by atoms with van der Waals surface area (Å²) in [5, 5.41) is 12.5. The fourth-order valence-electron chi connectivity index (χ4n) is 3.91. The summed E-state index contributed by atoms with van der Waals surface area (Å²) in [4.78, 5) is 23.1. The summed E-state index contributed by atoms with van der Waals surface area (Å²) in [5.74, 6) is 2.38. The first kappa shape index (κ1) is 19.4. The fourth-order valence-corrected chi connectivity index (χ4v) is 3.91. The quantitative estimate of drug-likeness (QED) is 0.707. The third-order valence-corrected chi connectivity index (χ3v) is 5.63. The van der Waals surface area contributed by atoms with Crippen molar-refractivity contribution in [3.8, 4) is 0 Å². The van der Waals surface area contributed by atoms with E-state index in [4.69, 9.17) is 0 Å². The van der Waals surface area contributed by atoms with Crippen LogP contribution in [0.1, 0.15) is 50.4 Å². The van der Waals surface area contributed by atoms with Gasteiger partial charge in [0.1, 0.15) is 18.0 Å². The Labute approximate surface area is 169 Å². The van der Waals surface area contributed by atoms with Crippen molar-refractivity contribution in [1.82, 2.24) is 29.4 Å². The summed E-state index contributed by atoms with van der Waals surface area (Å²) in [7, 11) is 0. The van der Waals surface area contributed by atoms with Crippen molar-refractivity contribution < 1.29 is 0 Å². The van der Waals surface area contributed by atoms with Gasteiger partial charge in [0.25, 0.3) is 11.3 Å². The van der Waals surface area contributed by atoms with Gasteiger partial charge in [0.2, 0.25) is 0 Å². The van der Waals surface area contributed by atoms with Crippen molar-refractivity contribution in [1.29, 1.82) is 0 Å². The molecule has 3 aromatic heterocycles. The molecule has 1 unspecified atom stereocenters. The van der Waals surface area contributed by atoms with Crippen molar-refractivity contribution >= 4 is 17.4 Å². The molecule has 1 saturated heterocycles. The van der Waals surface area contributed by atoms with Crippen molar-refractivity contribution in [2.75, 3.05) is 23.3 Å². The summed E-state index contributed by atoms with van der Waals surface area (Å²) in [6, 6.07) is 3.78. The Hall–Kier alpha value is -2.97. The normalized spacial score (nSPS) is 17.3. The van der Waals surface area contributed by atoms with E-state index in [1.165, 1.54) is 12.7 Å². The second-order valence-corrected chi connectivity index (χ2v) is 7.93. The van der Waals surface area contributed by atoms with Crippen molar-refractivity contribution in [2.24, 2.45) is 0 Å². The lowest BCUT2D eigenvalue weighted by Crippen LogP contribution is -2.45. The van der Waals surface area contributed by atoms with E-state index in [1.54, 1.807) is 15.3 Å². The third kappa shape index (κ3) is 3.68. The van der Waals surface area contributed by atoms with E-state index in [1.807, 2.05) is 33.8 Å². The van der Waals surface area contributed by atoms with Gasteiger partial charge >= 0.3 is 0 Å². The molecule has 4 rings (SSSR count). The van der Waals surface area contributed by atoms with E-state index in [-0.39, 0.29) is 17.6 Å². The number of hydrogen-bond acceptors (Lipinski definition) is 7. The summed E-state index contributed by atoms with van der Waals surface area (Å²) < 4.78 is 3.32. The van der Waals surface area contributed by atoms with E-state index in [0.717, 1.165) is 48.8 Å². The molecular formula is C20H28N8O. The monoisotopic (exact) mass is 396 g/mol. The number of piperidine rings is 1. The highest BCUT2D eigenvalue weighted by Gasteiger charge is 2.25. The van der Waals surface area contributed by atoms with Crippen LogP contribution in [0.2, 0.25) is 0 Å². The van der Waals surface area contributed by atoms with Crippen molar-refractivity contribution in [3.63, 3.8) is 0 Å². The first-order valence-electron chi connectivity index (χ1n) is 10.2. The summed E-state index contributed by atoms with van der Waals surface area (Å²) >= 11 is 0. The first-order valence-corrected chi connectivity index (χ1v) is 10.2. The Kier molecular flexibility index (Phi) is 5.21. The molecule has 0 saturated carbocycles. The number of aromatic nitrogens is 6. The number of fused-ring (bicyclic) bond motifs is 1. The molecule has 0 amide bonds. The molecule has 9 nitrogen and oxygen atoms in total. The highest BCUT2D eigenvalue weighted by atomic mass is 16.1. The minimum absolute atomic E-state index is 0.0341. The van der Waals surface area contributed by atoms with Crippen LogP contribution in [0, 0.1) is 13.8 Å². The Morgan fingerprint density at radius 1 is 1.24 bits per heavy atom. The largest absolute Gasteiger partial charge is 0.368 e. The first-order chi connectivity index (χ1) is 14.0. The maximum Gasteiger partial charge on any atom is 0.267 e. The highest BCUT2D eigenvalue weighted by Crippen LogP contribution is 2.24. The molecule has 29 heavy (non-hydrogen) atoms. The molecule has 1 aliphatic heterocycles. The number of rotatable bonds is 5. The predicted molar refractivity (Wildman–Crippen MR) is 113 cm³/mol. The molecule has 1 atom stereocenters. The lowest BCUT2D eigenvalue weighted by Gasteiger charge is -2.37. The van der Waals surface area contributed by atoms with E-state index in [0.29, 0.717) is 5.78 Å². The molecule has 1 aliphatic rings. The zero-order valence-electron chi connectivity index (χ0n) is 17.5. The summed E-state index contributed by atoms with van der Waals surface area (Å²) in [6.45, 7) is 9.67. The van der Waals surface area contributed by atoms with E-state index < -0.39 is 0 Å². The van der Waals surface area contributed by atoms with Gasteiger partial charge in [-0.1, -0.05) is 0 Å².